The van der Waals surface area contributed by atoms with E-state index in [-0.39, 0.29) is 23.6 Å². The molecular weight excluding hydrogens is 450 g/mol. The SMILES string of the molecule is CC(C)(C)OC(=O)N1C(C[C@@H](CCOS(C)(=O)=O)CO[Si](C)(C)C(C)(C)C)COC1(C)C. The fraction of sp³-hybridized carbons (Fsp3) is 0.955. The van der Waals surface area contributed by atoms with Crippen LogP contribution >= 0.6 is 0 Å². The van der Waals surface area contributed by atoms with E-state index in [1.807, 2.05) is 34.6 Å². The molecule has 0 N–H and O–H groups in total. The lowest BCUT2D eigenvalue weighted by Crippen LogP contribution is -2.50. The van der Waals surface area contributed by atoms with Gasteiger partial charge in [0.05, 0.1) is 25.5 Å². The molecule has 0 bridgehead atoms. The lowest BCUT2D eigenvalue weighted by Gasteiger charge is -2.38. The summed E-state index contributed by atoms with van der Waals surface area (Å²) in [5.74, 6) is -0.00156. The molecule has 0 aromatic carbocycles. The van der Waals surface area contributed by atoms with Gasteiger partial charge in [0, 0.05) is 6.61 Å². The first-order valence-electron chi connectivity index (χ1n) is 11.3. The van der Waals surface area contributed by atoms with Gasteiger partial charge >= 0.3 is 6.09 Å². The summed E-state index contributed by atoms with van der Waals surface area (Å²) < 4.78 is 45.8. The summed E-state index contributed by atoms with van der Waals surface area (Å²) >= 11 is 0. The lowest BCUT2D eigenvalue weighted by molar-refractivity contribution is -0.0633. The van der Waals surface area contributed by atoms with E-state index in [4.69, 9.17) is 18.1 Å². The summed E-state index contributed by atoms with van der Waals surface area (Å²) in [6, 6.07) is -0.203. The second-order valence-electron chi connectivity index (χ2n) is 11.7. The van der Waals surface area contributed by atoms with Crippen molar-refractivity contribution in [2.45, 2.75) is 104 Å². The van der Waals surface area contributed by atoms with E-state index in [9.17, 15) is 13.2 Å². The van der Waals surface area contributed by atoms with Crippen LogP contribution in [0.2, 0.25) is 18.1 Å². The van der Waals surface area contributed by atoms with Crippen molar-refractivity contribution in [1.82, 2.24) is 4.90 Å². The molecule has 8 nitrogen and oxygen atoms in total. The van der Waals surface area contributed by atoms with Gasteiger partial charge < -0.3 is 13.9 Å². The number of carbonyl (C=O) groups is 1. The van der Waals surface area contributed by atoms with Crippen LogP contribution in [0.1, 0.15) is 68.2 Å². The zero-order chi connectivity index (χ0) is 25.2. The highest BCUT2D eigenvalue weighted by Gasteiger charge is 2.46. The van der Waals surface area contributed by atoms with Crippen molar-refractivity contribution in [1.29, 1.82) is 0 Å². The molecule has 190 valence electrons. The average molecular weight is 496 g/mol. The van der Waals surface area contributed by atoms with Crippen LogP contribution in [-0.4, -0.2) is 71.2 Å². The molecular formula is C22H45NO7SSi. The summed E-state index contributed by atoms with van der Waals surface area (Å²) in [4.78, 5) is 14.6. The van der Waals surface area contributed by atoms with Gasteiger partial charge in [0.25, 0.3) is 10.1 Å². The average Bonchev–Trinajstić information content (AvgIpc) is 2.83. The van der Waals surface area contributed by atoms with E-state index in [2.05, 4.69) is 33.9 Å². The third-order valence-electron chi connectivity index (χ3n) is 6.08. The molecule has 1 aliphatic heterocycles. The zero-order valence-corrected chi connectivity index (χ0v) is 23.7. The Labute approximate surface area is 196 Å². The number of nitrogens with zero attached hydrogens (tertiary/aromatic N) is 1. The summed E-state index contributed by atoms with van der Waals surface area (Å²) in [5.41, 5.74) is -1.41. The van der Waals surface area contributed by atoms with Gasteiger partial charge in [0.15, 0.2) is 8.32 Å². The topological polar surface area (TPSA) is 91.4 Å². The van der Waals surface area contributed by atoms with Crippen molar-refractivity contribution in [2.24, 2.45) is 5.92 Å². The van der Waals surface area contributed by atoms with Gasteiger partial charge in [-0.2, -0.15) is 8.42 Å². The predicted octanol–water partition coefficient (Wildman–Crippen LogP) is 4.75. The van der Waals surface area contributed by atoms with E-state index < -0.39 is 35.9 Å². The van der Waals surface area contributed by atoms with Crippen molar-refractivity contribution in [3.8, 4) is 0 Å². The van der Waals surface area contributed by atoms with E-state index in [1.165, 1.54) is 0 Å². The maximum absolute atomic E-state index is 13.0. The van der Waals surface area contributed by atoms with E-state index in [0.717, 1.165) is 6.26 Å². The minimum atomic E-state index is -3.52. The summed E-state index contributed by atoms with van der Waals surface area (Å²) in [6.07, 6.45) is 1.73. The normalized spacial score (nSPS) is 21.0. The van der Waals surface area contributed by atoms with Gasteiger partial charge in [-0.05, 0) is 71.5 Å². The van der Waals surface area contributed by atoms with Crippen LogP contribution in [0.25, 0.3) is 0 Å². The summed E-state index contributed by atoms with van der Waals surface area (Å²) in [5, 5.41) is 0.0574. The number of hydrogen-bond acceptors (Lipinski definition) is 7. The quantitative estimate of drug-likeness (QED) is 0.336. The third-order valence-corrected chi connectivity index (χ3v) is 11.2. The summed E-state index contributed by atoms with van der Waals surface area (Å²) in [6.45, 7) is 21.1. The Bertz CT molecular complexity index is 738. The third kappa shape index (κ3) is 9.28. The van der Waals surface area contributed by atoms with Crippen LogP contribution in [0.5, 0.6) is 0 Å². The minimum absolute atomic E-state index is 0.00156. The first-order valence-corrected chi connectivity index (χ1v) is 16.0. The molecule has 1 fully saturated rings. The van der Waals surface area contributed by atoms with E-state index >= 15 is 0 Å². The van der Waals surface area contributed by atoms with Gasteiger partial charge in [-0.25, -0.2) is 4.79 Å². The van der Waals surface area contributed by atoms with Crippen molar-refractivity contribution < 1.29 is 31.3 Å². The number of carbonyl (C=O) groups excluding carboxylic acids is 1. The molecule has 1 aliphatic rings. The highest BCUT2D eigenvalue weighted by molar-refractivity contribution is 7.85. The molecule has 32 heavy (non-hydrogen) atoms. The largest absolute Gasteiger partial charge is 0.444 e. The van der Waals surface area contributed by atoms with Crippen molar-refractivity contribution in [3.05, 3.63) is 0 Å². The van der Waals surface area contributed by atoms with Crippen LogP contribution in [0, 0.1) is 5.92 Å². The van der Waals surface area contributed by atoms with Crippen LogP contribution in [-0.2, 0) is 28.2 Å². The second kappa shape index (κ2) is 10.3. The lowest BCUT2D eigenvalue weighted by atomic mass is 9.97. The highest BCUT2D eigenvalue weighted by atomic mass is 32.2. The smallest absolute Gasteiger partial charge is 0.412 e. The van der Waals surface area contributed by atoms with Crippen LogP contribution in [0.3, 0.4) is 0 Å². The number of ether oxygens (including phenoxy) is 2. The molecule has 0 saturated carbocycles. The van der Waals surface area contributed by atoms with Crippen molar-refractivity contribution >= 4 is 24.5 Å². The monoisotopic (exact) mass is 495 g/mol. The molecule has 1 heterocycles. The molecule has 0 aromatic rings. The Morgan fingerprint density at radius 1 is 1.19 bits per heavy atom. The molecule has 2 atom stereocenters. The van der Waals surface area contributed by atoms with Crippen molar-refractivity contribution in [3.63, 3.8) is 0 Å². The Morgan fingerprint density at radius 2 is 1.75 bits per heavy atom. The maximum atomic E-state index is 13.0. The van der Waals surface area contributed by atoms with Crippen LogP contribution < -0.4 is 0 Å². The predicted molar refractivity (Wildman–Crippen MR) is 129 cm³/mol. The number of rotatable bonds is 9. The standard InChI is InChI=1S/C22H45NO7SSi/c1-20(2,3)30-19(24)23-18(16-27-22(23,7)8)14-17(12-13-28-31(9,25)26)15-29-32(10,11)21(4,5)6/h17-18H,12-16H2,1-11H3/t17-,18?/m1/s1. The van der Waals surface area contributed by atoms with Crippen LogP contribution in [0.4, 0.5) is 4.79 Å². The Hall–Kier alpha value is -0.683. The highest BCUT2D eigenvalue weighted by Crippen LogP contribution is 2.38. The number of amides is 1. The van der Waals surface area contributed by atoms with Gasteiger partial charge in [-0.3, -0.25) is 9.08 Å². The van der Waals surface area contributed by atoms with Crippen LogP contribution in [0.15, 0.2) is 0 Å². The fourth-order valence-electron chi connectivity index (χ4n) is 3.30. The van der Waals surface area contributed by atoms with Gasteiger partial charge in [-0.1, -0.05) is 20.8 Å². The molecule has 1 rings (SSSR count). The Balaban J connectivity index is 3.00. The Kier molecular flexibility index (Phi) is 9.44. The minimum Gasteiger partial charge on any atom is -0.444 e. The van der Waals surface area contributed by atoms with Gasteiger partial charge in [0.1, 0.15) is 11.3 Å². The van der Waals surface area contributed by atoms with Gasteiger partial charge in [-0.15, -0.1) is 0 Å². The van der Waals surface area contributed by atoms with E-state index in [1.54, 1.807) is 4.90 Å². The fourth-order valence-corrected chi connectivity index (χ4v) is 4.78. The first-order chi connectivity index (χ1) is 14.1. The van der Waals surface area contributed by atoms with Crippen molar-refractivity contribution in [2.75, 3.05) is 26.1 Å². The number of hydrogen-bond donors (Lipinski definition) is 0. The Morgan fingerprint density at radius 3 is 2.22 bits per heavy atom. The molecule has 1 saturated heterocycles. The molecule has 1 amide bonds. The second-order valence-corrected chi connectivity index (χ2v) is 18.2. The van der Waals surface area contributed by atoms with Gasteiger partial charge in [0.2, 0.25) is 0 Å². The van der Waals surface area contributed by atoms with E-state index in [0.29, 0.717) is 26.1 Å². The molecule has 0 aromatic heterocycles. The molecule has 0 aliphatic carbocycles. The first kappa shape index (κ1) is 29.3. The molecule has 10 heteroatoms. The molecule has 0 spiro atoms. The summed E-state index contributed by atoms with van der Waals surface area (Å²) in [7, 11) is -5.51. The molecule has 1 unspecified atom stereocenters. The zero-order valence-electron chi connectivity index (χ0n) is 21.9. The maximum Gasteiger partial charge on any atom is 0.412 e. The molecule has 0 radical (unpaired) electrons.